The summed E-state index contributed by atoms with van der Waals surface area (Å²) in [6.07, 6.45) is 1.07. The van der Waals surface area contributed by atoms with Crippen LogP contribution in [0.4, 0.5) is 0 Å². The number of sulfone groups is 1. The van der Waals surface area contributed by atoms with Crippen LogP contribution in [0.25, 0.3) is 10.8 Å². The van der Waals surface area contributed by atoms with E-state index in [4.69, 9.17) is 0 Å². The van der Waals surface area contributed by atoms with Crippen LogP contribution < -0.4 is 5.56 Å². The van der Waals surface area contributed by atoms with Crippen molar-refractivity contribution in [1.29, 1.82) is 0 Å². The van der Waals surface area contributed by atoms with Gasteiger partial charge in [-0.15, -0.1) is 0 Å². The number of H-pyrrole nitrogens is 1. The summed E-state index contributed by atoms with van der Waals surface area (Å²) in [5.74, 6) is 0. The summed E-state index contributed by atoms with van der Waals surface area (Å²) in [6, 6.07) is 8.24. The van der Waals surface area contributed by atoms with Crippen LogP contribution in [0.1, 0.15) is 0 Å². The Balaban J connectivity index is 3.02. The van der Waals surface area contributed by atoms with Crippen LogP contribution in [0, 0.1) is 0 Å². The van der Waals surface area contributed by atoms with E-state index in [-0.39, 0.29) is 5.03 Å². The van der Waals surface area contributed by atoms with Crippen LogP contribution in [-0.2, 0) is 9.84 Å². The molecule has 5 heteroatoms. The van der Waals surface area contributed by atoms with Crippen LogP contribution in [0.2, 0.25) is 0 Å². The van der Waals surface area contributed by atoms with E-state index in [0.717, 1.165) is 6.26 Å². The molecule has 0 spiro atoms. The zero-order chi connectivity index (χ0) is 11.1. The lowest BCUT2D eigenvalue weighted by Gasteiger charge is -2.03. The molecule has 2 rings (SSSR count). The van der Waals surface area contributed by atoms with Crippen molar-refractivity contribution in [2.24, 2.45) is 0 Å². The van der Waals surface area contributed by atoms with E-state index in [1.54, 1.807) is 24.3 Å². The Bertz CT molecular complexity index is 670. The van der Waals surface area contributed by atoms with Gasteiger partial charge >= 0.3 is 0 Å². The highest BCUT2D eigenvalue weighted by molar-refractivity contribution is 7.90. The lowest BCUT2D eigenvalue weighted by molar-refractivity contribution is 0.599. The molecule has 0 radical (unpaired) electrons. The summed E-state index contributed by atoms with van der Waals surface area (Å²) < 4.78 is 22.9. The van der Waals surface area contributed by atoms with Gasteiger partial charge in [0.1, 0.15) is 5.03 Å². The van der Waals surface area contributed by atoms with E-state index >= 15 is 0 Å². The molecule has 0 fully saturated rings. The SMILES string of the molecule is CS(=O)(=O)c1[nH]c(=O)cc2ccccc12. The Morgan fingerprint density at radius 1 is 1.20 bits per heavy atom. The third kappa shape index (κ3) is 1.78. The zero-order valence-electron chi connectivity index (χ0n) is 8.02. The molecule has 1 aromatic carbocycles. The molecule has 15 heavy (non-hydrogen) atoms. The minimum absolute atomic E-state index is 0.0226. The van der Waals surface area contributed by atoms with Crippen LogP contribution in [0.5, 0.6) is 0 Å². The number of fused-ring (bicyclic) bond motifs is 1. The average Bonchev–Trinajstić information content (AvgIpc) is 2.15. The van der Waals surface area contributed by atoms with Crippen molar-refractivity contribution >= 4 is 20.6 Å². The molecule has 0 amide bonds. The summed E-state index contributed by atoms with van der Waals surface area (Å²) in [5, 5.41) is 1.15. The second-order valence-electron chi connectivity index (χ2n) is 3.32. The molecule has 1 aromatic heterocycles. The summed E-state index contributed by atoms with van der Waals surface area (Å²) in [4.78, 5) is 13.6. The number of nitrogens with one attached hydrogen (secondary N) is 1. The molecule has 0 atom stereocenters. The zero-order valence-corrected chi connectivity index (χ0v) is 8.84. The van der Waals surface area contributed by atoms with Gasteiger partial charge in [-0.25, -0.2) is 8.42 Å². The van der Waals surface area contributed by atoms with Crippen LogP contribution in [-0.4, -0.2) is 19.7 Å². The van der Waals surface area contributed by atoms with Crippen LogP contribution >= 0.6 is 0 Å². The second kappa shape index (κ2) is 3.20. The molecule has 0 bridgehead atoms. The van der Waals surface area contributed by atoms with Gasteiger partial charge in [-0.2, -0.15) is 0 Å². The van der Waals surface area contributed by atoms with Crippen molar-refractivity contribution in [3.05, 3.63) is 40.7 Å². The van der Waals surface area contributed by atoms with Gasteiger partial charge in [0.05, 0.1) is 0 Å². The van der Waals surface area contributed by atoms with Crippen molar-refractivity contribution in [2.75, 3.05) is 6.26 Å². The second-order valence-corrected chi connectivity index (χ2v) is 5.27. The molecular formula is C10H9NO3S. The largest absolute Gasteiger partial charge is 0.312 e. The van der Waals surface area contributed by atoms with Crippen LogP contribution in [0.15, 0.2) is 40.2 Å². The number of hydrogen-bond acceptors (Lipinski definition) is 3. The van der Waals surface area contributed by atoms with E-state index in [1.807, 2.05) is 0 Å². The molecule has 1 heterocycles. The maximum Gasteiger partial charge on any atom is 0.249 e. The Morgan fingerprint density at radius 2 is 1.87 bits per heavy atom. The van der Waals surface area contributed by atoms with Crippen molar-refractivity contribution < 1.29 is 8.42 Å². The molecule has 0 aliphatic carbocycles. The number of pyridine rings is 1. The first kappa shape index (κ1) is 9.92. The summed E-state index contributed by atoms with van der Waals surface area (Å²) in [7, 11) is -3.41. The molecule has 0 unspecified atom stereocenters. The average molecular weight is 223 g/mol. The first-order valence-corrected chi connectivity index (χ1v) is 6.20. The molecule has 0 aliphatic heterocycles. The van der Waals surface area contributed by atoms with Gasteiger partial charge in [-0.3, -0.25) is 4.79 Å². The van der Waals surface area contributed by atoms with Gasteiger partial charge in [0.15, 0.2) is 9.84 Å². The monoisotopic (exact) mass is 223 g/mol. The first-order chi connectivity index (χ1) is 6.98. The van der Waals surface area contributed by atoms with Crippen molar-refractivity contribution in [1.82, 2.24) is 4.98 Å². The highest BCUT2D eigenvalue weighted by Gasteiger charge is 2.12. The molecule has 2 aromatic rings. The van der Waals surface area contributed by atoms with Gasteiger partial charge in [0.25, 0.3) is 0 Å². The van der Waals surface area contributed by atoms with Crippen molar-refractivity contribution in [3.8, 4) is 0 Å². The van der Waals surface area contributed by atoms with Crippen molar-refractivity contribution in [2.45, 2.75) is 5.03 Å². The molecular weight excluding hydrogens is 214 g/mol. The Morgan fingerprint density at radius 3 is 2.53 bits per heavy atom. The number of aromatic nitrogens is 1. The fourth-order valence-corrected chi connectivity index (χ4v) is 2.35. The molecule has 1 N–H and O–H groups in total. The van der Waals surface area contributed by atoms with Gasteiger partial charge in [-0.1, -0.05) is 24.3 Å². The molecule has 0 saturated heterocycles. The Kier molecular flexibility index (Phi) is 2.12. The molecule has 78 valence electrons. The van der Waals surface area contributed by atoms with Gasteiger partial charge in [0.2, 0.25) is 5.56 Å². The van der Waals surface area contributed by atoms with Crippen molar-refractivity contribution in [3.63, 3.8) is 0 Å². The molecule has 4 nitrogen and oxygen atoms in total. The van der Waals surface area contributed by atoms with E-state index in [9.17, 15) is 13.2 Å². The fraction of sp³-hybridized carbons (Fsp3) is 0.100. The Hall–Kier alpha value is -1.62. The normalized spacial score (nSPS) is 11.8. The minimum Gasteiger partial charge on any atom is -0.312 e. The number of rotatable bonds is 1. The lowest BCUT2D eigenvalue weighted by atomic mass is 10.2. The third-order valence-electron chi connectivity index (χ3n) is 2.10. The predicted octanol–water partition coefficient (Wildman–Crippen LogP) is 0.932. The molecule has 0 aliphatic rings. The van der Waals surface area contributed by atoms with E-state index in [0.29, 0.717) is 10.8 Å². The summed E-state index contributed by atoms with van der Waals surface area (Å²) in [6.45, 7) is 0. The van der Waals surface area contributed by atoms with E-state index in [2.05, 4.69) is 4.98 Å². The third-order valence-corrected chi connectivity index (χ3v) is 3.16. The Labute approximate surface area is 86.5 Å². The maximum atomic E-state index is 11.4. The highest BCUT2D eigenvalue weighted by atomic mass is 32.2. The number of hydrogen-bond donors (Lipinski definition) is 1. The minimum atomic E-state index is -3.41. The van der Waals surface area contributed by atoms with E-state index in [1.165, 1.54) is 6.07 Å². The van der Waals surface area contributed by atoms with Gasteiger partial charge in [0, 0.05) is 17.7 Å². The topological polar surface area (TPSA) is 67.0 Å². The highest BCUT2D eigenvalue weighted by Crippen LogP contribution is 2.18. The quantitative estimate of drug-likeness (QED) is 0.782. The predicted molar refractivity (Wildman–Crippen MR) is 57.7 cm³/mol. The van der Waals surface area contributed by atoms with E-state index < -0.39 is 15.4 Å². The van der Waals surface area contributed by atoms with Gasteiger partial charge < -0.3 is 4.98 Å². The summed E-state index contributed by atoms with van der Waals surface area (Å²) in [5.41, 5.74) is -0.408. The number of benzene rings is 1. The smallest absolute Gasteiger partial charge is 0.249 e. The molecule has 0 saturated carbocycles. The maximum absolute atomic E-state index is 11.4. The lowest BCUT2D eigenvalue weighted by Crippen LogP contribution is -2.11. The summed E-state index contributed by atoms with van der Waals surface area (Å²) >= 11 is 0. The number of aromatic amines is 1. The standard InChI is InChI=1S/C10H9NO3S/c1-15(13,14)10-8-5-3-2-4-7(8)6-9(12)11-10/h2-6H,1H3,(H,11,12). The van der Waals surface area contributed by atoms with Gasteiger partial charge in [-0.05, 0) is 5.39 Å². The fourth-order valence-electron chi connectivity index (χ4n) is 1.48. The van der Waals surface area contributed by atoms with Crippen LogP contribution in [0.3, 0.4) is 0 Å². The first-order valence-electron chi connectivity index (χ1n) is 4.30.